The molecule has 8 nitrogen and oxygen atoms in total. The average Bonchev–Trinajstić information content (AvgIpc) is 2.54. The molecule has 0 aliphatic heterocycles. The standard InChI is InChI=1S/C15H16N4O4S/c1-11(12-5-3-2-4-6-12)10-17-18-14-8-7-13(24(16,22)23)9-15(14)19(20)21/h2-11,18H,1H3,(H2,16,22,23)/b17-10+. The number of hydrogen-bond acceptors (Lipinski definition) is 6. The van der Waals surface area contributed by atoms with Crippen LogP contribution in [0.1, 0.15) is 18.4 Å². The monoisotopic (exact) mass is 348 g/mol. The van der Waals surface area contributed by atoms with Gasteiger partial charge in [-0.2, -0.15) is 5.10 Å². The summed E-state index contributed by atoms with van der Waals surface area (Å²) in [5, 5.41) is 20.1. The van der Waals surface area contributed by atoms with Crippen molar-refractivity contribution < 1.29 is 13.3 Å². The first-order valence-corrected chi connectivity index (χ1v) is 8.49. The van der Waals surface area contributed by atoms with Gasteiger partial charge >= 0.3 is 0 Å². The Morgan fingerprint density at radius 3 is 2.50 bits per heavy atom. The van der Waals surface area contributed by atoms with Gasteiger partial charge in [0.15, 0.2) is 0 Å². The fraction of sp³-hybridized carbons (Fsp3) is 0.133. The second-order valence-corrected chi connectivity index (χ2v) is 6.63. The molecule has 126 valence electrons. The number of nitro groups is 1. The fourth-order valence-electron chi connectivity index (χ4n) is 2.00. The highest BCUT2D eigenvalue weighted by atomic mass is 32.2. The molecule has 0 radical (unpaired) electrons. The van der Waals surface area contributed by atoms with Crippen molar-refractivity contribution in [1.29, 1.82) is 0 Å². The van der Waals surface area contributed by atoms with E-state index in [1.165, 1.54) is 12.1 Å². The number of nitrogens with one attached hydrogen (secondary N) is 1. The number of anilines is 1. The molecule has 1 unspecified atom stereocenters. The predicted molar refractivity (Wildman–Crippen MR) is 91.4 cm³/mol. The zero-order valence-electron chi connectivity index (χ0n) is 12.8. The Morgan fingerprint density at radius 1 is 1.25 bits per heavy atom. The maximum atomic E-state index is 11.3. The van der Waals surface area contributed by atoms with E-state index < -0.39 is 20.6 Å². The number of benzene rings is 2. The Labute approximate surface area is 139 Å². The molecule has 0 bridgehead atoms. The summed E-state index contributed by atoms with van der Waals surface area (Å²) in [7, 11) is -4.02. The average molecular weight is 348 g/mol. The van der Waals surface area contributed by atoms with E-state index in [1.807, 2.05) is 37.3 Å². The van der Waals surface area contributed by atoms with Gasteiger partial charge in [0, 0.05) is 18.2 Å². The lowest BCUT2D eigenvalue weighted by atomic mass is 10.0. The second-order valence-electron chi connectivity index (χ2n) is 5.07. The first-order valence-electron chi connectivity index (χ1n) is 6.94. The van der Waals surface area contributed by atoms with Crippen LogP contribution in [-0.2, 0) is 10.0 Å². The van der Waals surface area contributed by atoms with Gasteiger partial charge in [0.1, 0.15) is 5.69 Å². The Morgan fingerprint density at radius 2 is 1.92 bits per heavy atom. The summed E-state index contributed by atoms with van der Waals surface area (Å²) in [5.41, 5.74) is 3.26. The van der Waals surface area contributed by atoms with E-state index in [1.54, 1.807) is 6.21 Å². The Kier molecular flexibility index (Phi) is 5.27. The van der Waals surface area contributed by atoms with E-state index >= 15 is 0 Å². The molecule has 0 aromatic heterocycles. The van der Waals surface area contributed by atoms with Gasteiger partial charge in [-0.1, -0.05) is 37.3 Å². The summed E-state index contributed by atoms with van der Waals surface area (Å²) in [6, 6.07) is 12.9. The molecule has 0 saturated carbocycles. The number of nitrogens with two attached hydrogens (primary N) is 1. The number of sulfonamides is 1. The van der Waals surface area contributed by atoms with Gasteiger partial charge in [-0.15, -0.1) is 0 Å². The van der Waals surface area contributed by atoms with Crippen LogP contribution in [0, 0.1) is 10.1 Å². The fourth-order valence-corrected chi connectivity index (χ4v) is 2.53. The third kappa shape index (κ3) is 4.37. The number of nitro benzene ring substituents is 1. The molecule has 0 spiro atoms. The van der Waals surface area contributed by atoms with E-state index in [9.17, 15) is 18.5 Å². The van der Waals surface area contributed by atoms with Crippen LogP contribution < -0.4 is 10.6 Å². The zero-order valence-corrected chi connectivity index (χ0v) is 13.6. The zero-order chi connectivity index (χ0) is 17.7. The van der Waals surface area contributed by atoms with Crippen molar-refractivity contribution in [3.8, 4) is 0 Å². The van der Waals surface area contributed by atoms with Crippen LogP contribution >= 0.6 is 0 Å². The van der Waals surface area contributed by atoms with E-state index in [-0.39, 0.29) is 16.5 Å². The molecule has 3 N–H and O–H groups in total. The molecule has 0 aliphatic rings. The lowest BCUT2D eigenvalue weighted by Gasteiger charge is -2.07. The van der Waals surface area contributed by atoms with Crippen molar-refractivity contribution >= 4 is 27.6 Å². The van der Waals surface area contributed by atoms with Gasteiger partial charge in [-0.25, -0.2) is 13.6 Å². The summed E-state index contributed by atoms with van der Waals surface area (Å²) in [5.74, 6) is 0.00134. The van der Waals surface area contributed by atoms with Gasteiger partial charge in [-0.3, -0.25) is 15.5 Å². The van der Waals surface area contributed by atoms with Crippen molar-refractivity contribution in [3.05, 3.63) is 64.2 Å². The second kappa shape index (κ2) is 7.20. The highest BCUT2D eigenvalue weighted by Gasteiger charge is 2.18. The van der Waals surface area contributed by atoms with E-state index in [0.717, 1.165) is 11.6 Å². The van der Waals surface area contributed by atoms with Crippen LogP contribution in [0.15, 0.2) is 58.5 Å². The lowest BCUT2D eigenvalue weighted by Crippen LogP contribution is -2.12. The van der Waals surface area contributed by atoms with Crippen molar-refractivity contribution in [2.24, 2.45) is 10.2 Å². The van der Waals surface area contributed by atoms with Crippen LogP contribution in [0.4, 0.5) is 11.4 Å². The van der Waals surface area contributed by atoms with Crippen LogP contribution in [0.3, 0.4) is 0 Å². The molecular weight excluding hydrogens is 332 g/mol. The molecule has 2 aromatic rings. The summed E-state index contributed by atoms with van der Waals surface area (Å²) >= 11 is 0. The third-order valence-electron chi connectivity index (χ3n) is 3.30. The highest BCUT2D eigenvalue weighted by Crippen LogP contribution is 2.27. The molecule has 0 fully saturated rings. The molecule has 0 heterocycles. The first-order chi connectivity index (χ1) is 11.3. The van der Waals surface area contributed by atoms with E-state index in [4.69, 9.17) is 5.14 Å². The molecule has 0 saturated heterocycles. The maximum absolute atomic E-state index is 11.3. The summed E-state index contributed by atoms with van der Waals surface area (Å²) in [6.07, 6.45) is 1.60. The summed E-state index contributed by atoms with van der Waals surface area (Å²) in [6.45, 7) is 1.93. The molecule has 9 heteroatoms. The largest absolute Gasteiger partial charge is 0.295 e. The number of hydrazone groups is 1. The van der Waals surface area contributed by atoms with Gasteiger partial charge < -0.3 is 0 Å². The van der Waals surface area contributed by atoms with Gasteiger partial charge in [0.25, 0.3) is 5.69 Å². The molecular formula is C15H16N4O4S. The minimum absolute atomic E-state index is 0.00134. The number of nitrogens with zero attached hydrogens (tertiary/aromatic N) is 2. The van der Waals surface area contributed by atoms with Crippen LogP contribution in [0.25, 0.3) is 0 Å². The molecule has 2 aromatic carbocycles. The SMILES string of the molecule is CC(/C=N/Nc1ccc(S(N)(=O)=O)cc1[N+](=O)[O-])c1ccccc1. The normalized spacial score (nSPS) is 12.9. The smallest absolute Gasteiger partial charge is 0.272 e. The van der Waals surface area contributed by atoms with E-state index in [0.29, 0.717) is 0 Å². The van der Waals surface area contributed by atoms with Crippen molar-refractivity contribution in [1.82, 2.24) is 0 Å². The quantitative estimate of drug-likeness (QED) is 0.471. The van der Waals surface area contributed by atoms with Crippen LogP contribution in [-0.4, -0.2) is 19.6 Å². The van der Waals surface area contributed by atoms with Gasteiger partial charge in [-0.05, 0) is 17.7 Å². The van der Waals surface area contributed by atoms with Crippen LogP contribution in [0.5, 0.6) is 0 Å². The highest BCUT2D eigenvalue weighted by molar-refractivity contribution is 7.89. The minimum atomic E-state index is -4.02. The molecule has 0 aliphatic carbocycles. The molecule has 1 atom stereocenters. The Balaban J connectivity index is 2.20. The lowest BCUT2D eigenvalue weighted by molar-refractivity contribution is -0.384. The van der Waals surface area contributed by atoms with Gasteiger partial charge in [0.2, 0.25) is 10.0 Å². The summed E-state index contributed by atoms with van der Waals surface area (Å²) < 4.78 is 22.6. The summed E-state index contributed by atoms with van der Waals surface area (Å²) in [4.78, 5) is 10.1. The van der Waals surface area contributed by atoms with Crippen molar-refractivity contribution in [2.45, 2.75) is 17.7 Å². The molecule has 2 rings (SSSR count). The van der Waals surface area contributed by atoms with Crippen molar-refractivity contribution in [3.63, 3.8) is 0 Å². The third-order valence-corrected chi connectivity index (χ3v) is 4.21. The predicted octanol–water partition coefficient (Wildman–Crippen LogP) is 2.44. The number of hydrogen-bond donors (Lipinski definition) is 2. The first kappa shape index (κ1) is 17.6. The number of primary sulfonamides is 1. The minimum Gasteiger partial charge on any atom is -0.272 e. The topological polar surface area (TPSA) is 128 Å². The maximum Gasteiger partial charge on any atom is 0.295 e. The van der Waals surface area contributed by atoms with Crippen LogP contribution in [0.2, 0.25) is 0 Å². The Hall–Kier alpha value is -2.78. The van der Waals surface area contributed by atoms with E-state index in [2.05, 4.69) is 10.5 Å². The van der Waals surface area contributed by atoms with Gasteiger partial charge in [0.05, 0.1) is 9.82 Å². The molecule has 24 heavy (non-hydrogen) atoms. The Bertz CT molecular complexity index is 866. The number of rotatable bonds is 6. The van der Waals surface area contributed by atoms with Crippen molar-refractivity contribution in [2.75, 3.05) is 5.43 Å². The molecule has 0 amide bonds.